The molecule has 0 aliphatic rings. The van der Waals surface area contributed by atoms with Gasteiger partial charge in [-0.1, -0.05) is 12.2 Å². The van der Waals surface area contributed by atoms with Gasteiger partial charge in [-0.15, -0.1) is 0 Å². The van der Waals surface area contributed by atoms with Gasteiger partial charge < -0.3 is 14.6 Å². The Kier molecular flexibility index (Phi) is 5.80. The molecule has 0 aliphatic carbocycles. The molecular weight excluding hydrogens is 254 g/mol. The molecule has 0 saturated carbocycles. The van der Waals surface area contributed by atoms with Crippen molar-refractivity contribution in [3.8, 4) is 0 Å². The molecule has 0 saturated heterocycles. The van der Waals surface area contributed by atoms with Crippen LogP contribution in [-0.2, 0) is 11.3 Å². The molecule has 0 aromatic carbocycles. The summed E-state index contributed by atoms with van der Waals surface area (Å²) in [5.41, 5.74) is 0.482. The maximum atomic E-state index is 11.8. The number of aryl methyl sites for hydroxylation is 1. The van der Waals surface area contributed by atoms with E-state index in [1.54, 1.807) is 12.5 Å². The molecule has 0 radical (unpaired) electrons. The van der Waals surface area contributed by atoms with Crippen LogP contribution in [0.4, 0.5) is 4.79 Å². The van der Waals surface area contributed by atoms with Crippen LogP contribution >= 0.6 is 0 Å². The number of carbonyl (C=O) groups excluding carboxylic acids is 1. The average Bonchev–Trinajstić information content (AvgIpc) is 2.75. The Bertz CT molecular complexity index is 458. The van der Waals surface area contributed by atoms with Crippen LogP contribution in [0.5, 0.6) is 0 Å². The summed E-state index contributed by atoms with van der Waals surface area (Å²) in [5.74, 6) is 0. The van der Waals surface area contributed by atoms with Crippen molar-refractivity contribution in [2.24, 2.45) is 0 Å². The Morgan fingerprint density at radius 3 is 2.85 bits per heavy atom. The molecule has 112 valence electrons. The third kappa shape index (κ3) is 5.47. The highest BCUT2D eigenvalue weighted by atomic mass is 16.6. The van der Waals surface area contributed by atoms with Gasteiger partial charge in [0.05, 0.1) is 24.3 Å². The Morgan fingerprint density at radius 1 is 1.55 bits per heavy atom. The van der Waals surface area contributed by atoms with Crippen molar-refractivity contribution in [1.82, 2.24) is 14.9 Å². The summed E-state index contributed by atoms with van der Waals surface area (Å²) in [6.07, 6.45) is 8.23. The van der Waals surface area contributed by atoms with Crippen molar-refractivity contribution in [3.63, 3.8) is 0 Å². The summed E-state index contributed by atoms with van der Waals surface area (Å²) in [5, 5.41) is 2.83. The van der Waals surface area contributed by atoms with Crippen molar-refractivity contribution in [2.45, 2.75) is 59.2 Å². The molecular formula is C15H25N3O2. The van der Waals surface area contributed by atoms with Gasteiger partial charge >= 0.3 is 6.09 Å². The third-order valence-corrected chi connectivity index (χ3v) is 2.69. The third-order valence-electron chi connectivity index (χ3n) is 2.69. The minimum Gasteiger partial charge on any atom is -0.444 e. The monoisotopic (exact) mass is 279 g/mol. The molecule has 0 bridgehead atoms. The Morgan fingerprint density at radius 2 is 2.25 bits per heavy atom. The fraction of sp³-hybridized carbons (Fsp3) is 0.600. The zero-order valence-electron chi connectivity index (χ0n) is 13.0. The van der Waals surface area contributed by atoms with Gasteiger partial charge in [-0.05, 0) is 41.0 Å². The van der Waals surface area contributed by atoms with Crippen molar-refractivity contribution in [1.29, 1.82) is 0 Å². The molecule has 0 spiro atoms. The first-order valence-corrected chi connectivity index (χ1v) is 6.94. The van der Waals surface area contributed by atoms with Gasteiger partial charge in [0.15, 0.2) is 0 Å². The van der Waals surface area contributed by atoms with Crippen LogP contribution in [0.2, 0.25) is 0 Å². The first kappa shape index (κ1) is 16.3. The van der Waals surface area contributed by atoms with Crippen molar-refractivity contribution >= 4 is 6.09 Å². The fourth-order valence-corrected chi connectivity index (χ4v) is 1.82. The number of hydrogen-bond acceptors (Lipinski definition) is 3. The largest absolute Gasteiger partial charge is 0.444 e. The van der Waals surface area contributed by atoms with Crippen LogP contribution in [0.3, 0.4) is 0 Å². The lowest BCUT2D eigenvalue weighted by atomic mass is 10.2. The molecule has 5 nitrogen and oxygen atoms in total. The number of imidazole rings is 1. The van der Waals surface area contributed by atoms with Crippen LogP contribution in [0, 0.1) is 0 Å². The second-order valence-corrected chi connectivity index (χ2v) is 5.74. The number of amides is 1. The number of allylic oxidation sites excluding steroid dienone is 2. The summed E-state index contributed by atoms with van der Waals surface area (Å²) < 4.78 is 7.30. The molecule has 1 aromatic rings. The number of aromatic nitrogens is 2. The zero-order chi connectivity index (χ0) is 15.2. The molecule has 1 aromatic heterocycles. The lowest BCUT2D eigenvalue weighted by molar-refractivity contribution is 0.0506. The van der Waals surface area contributed by atoms with E-state index in [0.717, 1.165) is 18.7 Å². The number of hydrogen-bond donors (Lipinski definition) is 1. The van der Waals surface area contributed by atoms with Crippen molar-refractivity contribution in [2.75, 3.05) is 0 Å². The van der Waals surface area contributed by atoms with E-state index in [-0.39, 0.29) is 6.04 Å². The second-order valence-electron chi connectivity index (χ2n) is 5.74. The van der Waals surface area contributed by atoms with Crippen LogP contribution in [0.15, 0.2) is 24.7 Å². The molecule has 1 rings (SSSR count). The first-order valence-electron chi connectivity index (χ1n) is 6.94. The van der Waals surface area contributed by atoms with E-state index in [2.05, 4.69) is 16.4 Å². The molecule has 5 heteroatoms. The van der Waals surface area contributed by atoms with Gasteiger partial charge in [-0.25, -0.2) is 9.78 Å². The number of nitrogens with one attached hydrogen (secondary N) is 1. The number of nitrogens with zero attached hydrogens (tertiary/aromatic N) is 2. The van der Waals surface area contributed by atoms with Crippen molar-refractivity contribution < 1.29 is 9.53 Å². The van der Waals surface area contributed by atoms with E-state index in [9.17, 15) is 4.79 Å². The zero-order valence-corrected chi connectivity index (χ0v) is 13.0. The van der Waals surface area contributed by atoms with Gasteiger partial charge in [0.25, 0.3) is 0 Å². The Balaban J connectivity index is 2.61. The fourth-order valence-electron chi connectivity index (χ4n) is 1.82. The van der Waals surface area contributed by atoms with Gasteiger partial charge in [-0.3, -0.25) is 0 Å². The van der Waals surface area contributed by atoms with Crippen LogP contribution in [0.25, 0.3) is 0 Å². The van der Waals surface area contributed by atoms with E-state index in [0.29, 0.717) is 0 Å². The van der Waals surface area contributed by atoms with E-state index >= 15 is 0 Å². The lowest BCUT2D eigenvalue weighted by Crippen LogP contribution is -2.34. The standard InChI is InChI=1S/C15H25N3O2/c1-6-7-8-9-18-11-16-10-13(18)12(2)17-14(19)20-15(3,4)5/h6-7,10-12H,8-9H2,1-5H3,(H,17,19)/b7-6+/t12-/m1/s1. The quantitative estimate of drug-likeness (QED) is 0.840. The Hall–Kier alpha value is -1.78. The Labute approximate surface area is 121 Å². The average molecular weight is 279 g/mol. The highest BCUT2D eigenvalue weighted by molar-refractivity contribution is 5.68. The summed E-state index contributed by atoms with van der Waals surface area (Å²) >= 11 is 0. The molecule has 1 N–H and O–H groups in total. The van der Waals surface area contributed by atoms with Gasteiger partial charge in [-0.2, -0.15) is 0 Å². The maximum absolute atomic E-state index is 11.8. The SMILES string of the molecule is C/C=C/CCn1cncc1[C@@H](C)NC(=O)OC(C)(C)C. The second kappa shape index (κ2) is 7.12. The predicted octanol–water partition coefficient (Wildman–Crippen LogP) is 3.44. The molecule has 0 unspecified atom stereocenters. The van der Waals surface area contributed by atoms with Gasteiger partial charge in [0, 0.05) is 6.54 Å². The lowest BCUT2D eigenvalue weighted by Gasteiger charge is -2.22. The van der Waals surface area contributed by atoms with Gasteiger partial charge in [0.2, 0.25) is 0 Å². The minimum absolute atomic E-state index is 0.141. The molecule has 1 heterocycles. The summed E-state index contributed by atoms with van der Waals surface area (Å²) in [7, 11) is 0. The molecule has 1 atom stereocenters. The van der Waals surface area contributed by atoms with E-state index in [1.807, 2.05) is 45.3 Å². The maximum Gasteiger partial charge on any atom is 0.408 e. The summed E-state index contributed by atoms with van der Waals surface area (Å²) in [6, 6.07) is -0.141. The molecule has 1 amide bonds. The number of alkyl carbamates (subject to hydrolysis) is 1. The van der Waals surface area contributed by atoms with E-state index in [4.69, 9.17) is 4.74 Å². The van der Waals surface area contributed by atoms with Gasteiger partial charge in [0.1, 0.15) is 5.60 Å². The molecule has 0 aliphatic heterocycles. The number of carbonyl (C=O) groups is 1. The van der Waals surface area contributed by atoms with E-state index < -0.39 is 11.7 Å². The predicted molar refractivity (Wildman–Crippen MR) is 79.4 cm³/mol. The minimum atomic E-state index is -0.490. The number of ether oxygens (including phenoxy) is 1. The summed E-state index contributed by atoms with van der Waals surface area (Å²) in [4.78, 5) is 15.9. The highest BCUT2D eigenvalue weighted by Crippen LogP contribution is 2.14. The highest BCUT2D eigenvalue weighted by Gasteiger charge is 2.19. The number of rotatable bonds is 5. The van der Waals surface area contributed by atoms with Crippen LogP contribution < -0.4 is 5.32 Å². The van der Waals surface area contributed by atoms with Crippen LogP contribution in [-0.4, -0.2) is 21.2 Å². The van der Waals surface area contributed by atoms with E-state index in [1.165, 1.54) is 0 Å². The normalized spacial score (nSPS) is 13.4. The van der Waals surface area contributed by atoms with Crippen LogP contribution in [0.1, 0.15) is 52.8 Å². The molecule has 0 fully saturated rings. The van der Waals surface area contributed by atoms with Crippen molar-refractivity contribution in [3.05, 3.63) is 30.4 Å². The first-order chi connectivity index (χ1) is 9.33. The smallest absolute Gasteiger partial charge is 0.408 e. The topological polar surface area (TPSA) is 56.2 Å². The summed E-state index contributed by atoms with van der Waals surface area (Å²) in [6.45, 7) is 10.3. The molecule has 20 heavy (non-hydrogen) atoms.